The summed E-state index contributed by atoms with van der Waals surface area (Å²) in [4.78, 5) is 12.2. The average Bonchev–Trinajstić information content (AvgIpc) is 3.24. The van der Waals surface area contributed by atoms with Gasteiger partial charge in [-0.05, 0) is 23.3 Å². The van der Waals surface area contributed by atoms with Crippen molar-refractivity contribution in [1.82, 2.24) is 19.5 Å². The van der Waals surface area contributed by atoms with E-state index < -0.39 is 10.0 Å². The van der Waals surface area contributed by atoms with Gasteiger partial charge in [-0.1, -0.05) is 42.5 Å². The van der Waals surface area contributed by atoms with Gasteiger partial charge in [0.1, 0.15) is 24.3 Å². The highest BCUT2D eigenvalue weighted by molar-refractivity contribution is 7.92. The molecule has 0 aliphatic heterocycles. The van der Waals surface area contributed by atoms with E-state index in [-0.39, 0.29) is 10.7 Å². The van der Waals surface area contributed by atoms with Gasteiger partial charge < -0.3 is 0 Å². The van der Waals surface area contributed by atoms with Gasteiger partial charge in [0.25, 0.3) is 10.0 Å². The number of aromatic nitrogens is 4. The molecule has 134 valence electrons. The highest BCUT2D eigenvalue weighted by Gasteiger charge is 2.15. The Balaban J connectivity index is 1.58. The lowest BCUT2D eigenvalue weighted by Crippen LogP contribution is -2.14. The molecule has 4 rings (SSSR count). The minimum atomic E-state index is -3.76. The molecule has 1 N–H and O–H groups in total. The lowest BCUT2D eigenvalue weighted by Gasteiger charge is -2.09. The van der Waals surface area contributed by atoms with E-state index in [1.807, 2.05) is 30.3 Å². The number of nitrogens with zero attached hydrogens (tertiary/aromatic N) is 4. The number of rotatable bonds is 5. The molecular formula is C19H15N5O2S. The zero-order valence-electron chi connectivity index (χ0n) is 14.1. The Morgan fingerprint density at radius 3 is 2.33 bits per heavy atom. The molecule has 7 nitrogen and oxygen atoms in total. The largest absolute Gasteiger partial charge is 0.290 e. The molecule has 0 fully saturated rings. The van der Waals surface area contributed by atoms with Gasteiger partial charge >= 0.3 is 0 Å². The molecule has 0 bridgehead atoms. The summed E-state index contributed by atoms with van der Waals surface area (Å²) in [5.74, 6) is 0.695. The molecule has 4 aromatic rings. The maximum absolute atomic E-state index is 12.7. The Kier molecular flexibility index (Phi) is 4.39. The molecule has 2 aromatic carbocycles. The molecule has 0 spiro atoms. The lowest BCUT2D eigenvalue weighted by atomic mass is 10.1. The Labute approximate surface area is 156 Å². The van der Waals surface area contributed by atoms with Gasteiger partial charge in [-0.25, -0.2) is 23.4 Å². The number of hydrogen-bond acceptors (Lipinski definition) is 5. The van der Waals surface area contributed by atoms with Crippen LogP contribution in [0.25, 0.3) is 16.9 Å². The van der Waals surface area contributed by atoms with Crippen LogP contribution in [0.1, 0.15) is 0 Å². The molecule has 0 atom stereocenters. The summed E-state index contributed by atoms with van der Waals surface area (Å²) in [6, 6.07) is 18.0. The van der Waals surface area contributed by atoms with Crippen molar-refractivity contribution in [2.45, 2.75) is 4.90 Å². The number of imidazole rings is 1. The summed E-state index contributed by atoms with van der Waals surface area (Å²) >= 11 is 0. The van der Waals surface area contributed by atoms with E-state index in [4.69, 9.17) is 0 Å². The Morgan fingerprint density at radius 2 is 1.63 bits per heavy atom. The third-order valence-electron chi connectivity index (χ3n) is 3.93. The molecule has 2 heterocycles. The Bertz CT molecular complexity index is 1140. The second kappa shape index (κ2) is 7.00. The monoisotopic (exact) mass is 377 g/mol. The van der Waals surface area contributed by atoms with E-state index in [0.717, 1.165) is 11.1 Å². The quantitative estimate of drug-likeness (QED) is 0.577. The van der Waals surface area contributed by atoms with Crippen molar-refractivity contribution >= 4 is 15.8 Å². The number of benzene rings is 2. The van der Waals surface area contributed by atoms with E-state index in [2.05, 4.69) is 19.7 Å². The summed E-state index contributed by atoms with van der Waals surface area (Å²) in [5.41, 5.74) is 1.97. The summed E-state index contributed by atoms with van der Waals surface area (Å²) in [6.07, 6.45) is 6.19. The first-order valence-electron chi connectivity index (χ1n) is 8.10. The van der Waals surface area contributed by atoms with E-state index in [0.29, 0.717) is 5.82 Å². The average molecular weight is 377 g/mol. The Hall–Kier alpha value is -3.52. The minimum Gasteiger partial charge on any atom is -0.290 e. The van der Waals surface area contributed by atoms with Crippen molar-refractivity contribution in [1.29, 1.82) is 0 Å². The first-order valence-corrected chi connectivity index (χ1v) is 9.59. The van der Waals surface area contributed by atoms with Crippen molar-refractivity contribution in [2.24, 2.45) is 0 Å². The topological polar surface area (TPSA) is 89.8 Å². The van der Waals surface area contributed by atoms with Gasteiger partial charge in [-0.15, -0.1) is 0 Å². The summed E-state index contributed by atoms with van der Waals surface area (Å²) in [5, 5.41) is 0. The Morgan fingerprint density at radius 1 is 0.889 bits per heavy atom. The highest BCUT2D eigenvalue weighted by Crippen LogP contribution is 2.22. The molecular weight excluding hydrogens is 362 g/mol. The van der Waals surface area contributed by atoms with Crippen LogP contribution in [0.4, 0.5) is 5.82 Å². The highest BCUT2D eigenvalue weighted by atomic mass is 32.2. The van der Waals surface area contributed by atoms with E-state index >= 15 is 0 Å². The van der Waals surface area contributed by atoms with Crippen LogP contribution in [0.3, 0.4) is 0 Å². The van der Waals surface area contributed by atoms with Crippen LogP contribution in [0, 0.1) is 0 Å². The van der Waals surface area contributed by atoms with Crippen molar-refractivity contribution in [3.63, 3.8) is 0 Å². The van der Waals surface area contributed by atoms with Crippen molar-refractivity contribution in [3.8, 4) is 16.9 Å². The smallest absolute Gasteiger partial charge is 0.263 e. The van der Waals surface area contributed by atoms with E-state index in [1.165, 1.54) is 12.4 Å². The van der Waals surface area contributed by atoms with E-state index in [9.17, 15) is 8.42 Å². The van der Waals surface area contributed by atoms with Crippen LogP contribution in [-0.4, -0.2) is 27.9 Å². The molecule has 0 unspecified atom stereocenters. The SMILES string of the molecule is O=S(=O)(Nc1cc(-n2ccnc2)ncn1)c1ccc(-c2ccccc2)cc1. The van der Waals surface area contributed by atoms with Crippen LogP contribution in [0.2, 0.25) is 0 Å². The fourth-order valence-electron chi connectivity index (χ4n) is 2.59. The van der Waals surface area contributed by atoms with Crippen molar-refractivity contribution in [3.05, 3.63) is 85.7 Å². The number of hydrogen-bond donors (Lipinski definition) is 1. The van der Waals surface area contributed by atoms with Crippen LogP contribution < -0.4 is 4.72 Å². The van der Waals surface area contributed by atoms with Crippen molar-refractivity contribution < 1.29 is 8.42 Å². The van der Waals surface area contributed by atoms with Gasteiger partial charge in [0.15, 0.2) is 0 Å². The fourth-order valence-corrected chi connectivity index (χ4v) is 3.59. The summed E-state index contributed by atoms with van der Waals surface area (Å²) in [6.45, 7) is 0. The van der Waals surface area contributed by atoms with Gasteiger partial charge in [-0.3, -0.25) is 9.29 Å². The van der Waals surface area contributed by atoms with Crippen LogP contribution >= 0.6 is 0 Å². The molecule has 0 aliphatic rings. The summed E-state index contributed by atoms with van der Waals surface area (Å²) < 4.78 is 29.5. The standard InChI is InChI=1S/C19H15N5O2S/c25-27(26,17-8-6-16(7-9-17)15-4-2-1-3-5-15)23-18-12-19(22-13-21-18)24-11-10-20-14-24/h1-14H,(H,21,22,23). The lowest BCUT2D eigenvalue weighted by molar-refractivity contribution is 0.601. The van der Waals surface area contributed by atoms with E-state index in [1.54, 1.807) is 47.6 Å². The van der Waals surface area contributed by atoms with Crippen LogP contribution in [0.15, 0.2) is 90.6 Å². The predicted molar refractivity (Wildman–Crippen MR) is 102 cm³/mol. The maximum Gasteiger partial charge on any atom is 0.263 e. The number of anilines is 1. The molecule has 0 amide bonds. The molecule has 0 aliphatic carbocycles. The predicted octanol–water partition coefficient (Wildman–Crippen LogP) is 3.13. The van der Waals surface area contributed by atoms with Crippen molar-refractivity contribution in [2.75, 3.05) is 4.72 Å². The number of nitrogens with one attached hydrogen (secondary N) is 1. The first kappa shape index (κ1) is 16.9. The molecule has 0 saturated heterocycles. The molecule has 0 radical (unpaired) electrons. The maximum atomic E-state index is 12.7. The van der Waals surface area contributed by atoms with Gasteiger partial charge in [-0.2, -0.15) is 0 Å². The second-order valence-electron chi connectivity index (χ2n) is 5.73. The third-order valence-corrected chi connectivity index (χ3v) is 5.30. The number of sulfonamides is 1. The zero-order valence-corrected chi connectivity index (χ0v) is 14.9. The fraction of sp³-hybridized carbons (Fsp3) is 0. The summed E-state index contributed by atoms with van der Waals surface area (Å²) in [7, 11) is -3.76. The molecule has 2 aromatic heterocycles. The second-order valence-corrected chi connectivity index (χ2v) is 7.41. The van der Waals surface area contributed by atoms with Crippen LogP contribution in [-0.2, 0) is 10.0 Å². The van der Waals surface area contributed by atoms with Crippen LogP contribution in [0.5, 0.6) is 0 Å². The minimum absolute atomic E-state index is 0.157. The normalized spacial score (nSPS) is 11.3. The first-order chi connectivity index (χ1) is 13.1. The third kappa shape index (κ3) is 3.70. The zero-order chi connectivity index (χ0) is 18.7. The molecule has 8 heteroatoms. The van der Waals surface area contributed by atoms with Gasteiger partial charge in [0.2, 0.25) is 0 Å². The van der Waals surface area contributed by atoms with Gasteiger partial charge in [0, 0.05) is 18.5 Å². The molecule has 27 heavy (non-hydrogen) atoms. The molecule has 0 saturated carbocycles. The van der Waals surface area contributed by atoms with Gasteiger partial charge in [0.05, 0.1) is 4.90 Å².